The normalized spacial score (nSPS) is 10.5. The van der Waals surface area contributed by atoms with E-state index in [-0.39, 0.29) is 18.3 Å². The highest BCUT2D eigenvalue weighted by atomic mass is 19.1. The van der Waals surface area contributed by atoms with Crippen LogP contribution in [-0.2, 0) is 16.1 Å². The van der Waals surface area contributed by atoms with Crippen molar-refractivity contribution in [1.82, 2.24) is 4.90 Å². The molecule has 0 aliphatic heterocycles. The second-order valence-corrected chi connectivity index (χ2v) is 4.66. The van der Waals surface area contributed by atoms with Gasteiger partial charge in [0.05, 0.1) is 19.1 Å². The van der Waals surface area contributed by atoms with Crippen molar-refractivity contribution in [2.45, 2.75) is 6.54 Å². The summed E-state index contributed by atoms with van der Waals surface area (Å²) >= 11 is 0. The summed E-state index contributed by atoms with van der Waals surface area (Å²) in [5.41, 5.74) is 0.871. The molecule has 0 atom stereocenters. The number of amides is 1. The second kappa shape index (κ2) is 8.19. The van der Waals surface area contributed by atoms with Crippen molar-refractivity contribution < 1.29 is 23.1 Å². The zero-order chi connectivity index (χ0) is 15.8. The van der Waals surface area contributed by atoms with Gasteiger partial charge in [0.1, 0.15) is 0 Å². The Bertz CT molecular complexity index is 586. The van der Waals surface area contributed by atoms with Crippen LogP contribution in [-0.4, -0.2) is 37.7 Å². The van der Waals surface area contributed by atoms with E-state index in [1.807, 2.05) is 0 Å². The van der Waals surface area contributed by atoms with E-state index in [1.54, 1.807) is 42.7 Å². The molecule has 0 saturated carbocycles. The lowest BCUT2D eigenvalue weighted by Gasteiger charge is -2.22. The van der Waals surface area contributed by atoms with E-state index in [9.17, 15) is 9.18 Å². The van der Waals surface area contributed by atoms with Gasteiger partial charge in [-0.15, -0.1) is 0 Å². The molecule has 1 aromatic carbocycles. The molecule has 22 heavy (non-hydrogen) atoms. The molecule has 0 fully saturated rings. The molecule has 118 valence electrons. The van der Waals surface area contributed by atoms with Gasteiger partial charge in [0, 0.05) is 25.8 Å². The highest BCUT2D eigenvalue weighted by Crippen LogP contribution is 2.15. The highest BCUT2D eigenvalue weighted by molar-refractivity contribution is 5.77. The van der Waals surface area contributed by atoms with Gasteiger partial charge in [-0.3, -0.25) is 4.79 Å². The maximum absolute atomic E-state index is 13.5. The largest absolute Gasteiger partial charge is 0.481 e. The van der Waals surface area contributed by atoms with Crippen LogP contribution in [0.3, 0.4) is 0 Å². The molecule has 0 N–H and O–H groups in total. The average Bonchev–Trinajstić information content (AvgIpc) is 3.03. The summed E-state index contributed by atoms with van der Waals surface area (Å²) in [4.78, 5) is 13.8. The number of carbonyl (C=O) groups is 1. The summed E-state index contributed by atoms with van der Waals surface area (Å²) in [6.45, 7) is 0.978. The minimum absolute atomic E-state index is 0.0610. The molecular weight excluding hydrogens is 289 g/mol. The van der Waals surface area contributed by atoms with Crippen LogP contribution in [0, 0.1) is 5.82 Å². The van der Waals surface area contributed by atoms with Crippen LogP contribution in [0.2, 0.25) is 0 Å². The second-order valence-electron chi connectivity index (χ2n) is 4.66. The molecule has 0 saturated heterocycles. The zero-order valence-corrected chi connectivity index (χ0v) is 12.3. The van der Waals surface area contributed by atoms with Gasteiger partial charge in [0.15, 0.2) is 18.2 Å². The Balaban J connectivity index is 1.94. The summed E-state index contributed by atoms with van der Waals surface area (Å²) in [6.07, 6.45) is 3.12. The number of benzene rings is 1. The molecule has 0 aliphatic rings. The van der Waals surface area contributed by atoms with Crippen LogP contribution >= 0.6 is 0 Å². The predicted molar refractivity (Wildman–Crippen MR) is 77.9 cm³/mol. The molecule has 0 radical (unpaired) electrons. The summed E-state index contributed by atoms with van der Waals surface area (Å²) in [5.74, 6) is -0.680. The molecule has 1 amide bonds. The number of hydrogen-bond acceptors (Lipinski definition) is 4. The van der Waals surface area contributed by atoms with Gasteiger partial charge in [-0.1, -0.05) is 12.1 Å². The van der Waals surface area contributed by atoms with Crippen LogP contribution in [0.1, 0.15) is 5.56 Å². The number of ether oxygens (including phenoxy) is 2. The van der Waals surface area contributed by atoms with Crippen molar-refractivity contribution >= 4 is 5.91 Å². The molecule has 1 aromatic heterocycles. The van der Waals surface area contributed by atoms with Crippen molar-refractivity contribution in [2.75, 3.05) is 26.9 Å². The number of nitrogens with zero attached hydrogens (tertiary/aromatic N) is 1. The Morgan fingerprint density at radius 1 is 1.32 bits per heavy atom. The fourth-order valence-electron chi connectivity index (χ4n) is 1.89. The minimum atomic E-state index is -0.492. The van der Waals surface area contributed by atoms with Crippen molar-refractivity contribution in [3.63, 3.8) is 0 Å². The Labute approximate surface area is 128 Å². The fourth-order valence-corrected chi connectivity index (χ4v) is 1.89. The van der Waals surface area contributed by atoms with E-state index in [0.717, 1.165) is 5.56 Å². The fraction of sp³-hybridized carbons (Fsp3) is 0.312. The molecule has 6 heteroatoms. The van der Waals surface area contributed by atoms with Crippen molar-refractivity contribution in [3.05, 3.63) is 54.2 Å². The highest BCUT2D eigenvalue weighted by Gasteiger charge is 2.16. The lowest BCUT2D eigenvalue weighted by Crippen LogP contribution is -2.36. The topological polar surface area (TPSA) is 51.9 Å². The van der Waals surface area contributed by atoms with E-state index in [0.29, 0.717) is 19.7 Å². The third kappa shape index (κ3) is 4.60. The van der Waals surface area contributed by atoms with Crippen LogP contribution < -0.4 is 4.74 Å². The maximum atomic E-state index is 13.5. The molecule has 0 aliphatic carbocycles. The van der Waals surface area contributed by atoms with Crippen LogP contribution in [0.4, 0.5) is 4.39 Å². The Morgan fingerprint density at radius 3 is 2.82 bits per heavy atom. The van der Waals surface area contributed by atoms with Gasteiger partial charge >= 0.3 is 0 Å². The smallest absolute Gasteiger partial charge is 0.260 e. The summed E-state index contributed by atoms with van der Waals surface area (Å²) in [6, 6.07) is 7.77. The Hall–Kier alpha value is -2.34. The zero-order valence-electron chi connectivity index (χ0n) is 12.3. The van der Waals surface area contributed by atoms with Gasteiger partial charge in [-0.25, -0.2) is 4.39 Å². The number of hydrogen-bond donors (Lipinski definition) is 0. The molecular formula is C16H18FNO4. The first kappa shape index (κ1) is 16.0. The van der Waals surface area contributed by atoms with E-state index in [2.05, 4.69) is 0 Å². The van der Waals surface area contributed by atoms with Crippen molar-refractivity contribution in [3.8, 4) is 5.75 Å². The maximum Gasteiger partial charge on any atom is 0.260 e. The molecule has 2 aromatic rings. The number of carbonyl (C=O) groups excluding carboxylic acids is 1. The molecule has 1 heterocycles. The first-order valence-electron chi connectivity index (χ1n) is 6.86. The van der Waals surface area contributed by atoms with Gasteiger partial charge in [-0.05, 0) is 18.2 Å². The van der Waals surface area contributed by atoms with Gasteiger partial charge in [0.25, 0.3) is 5.91 Å². The molecule has 5 nitrogen and oxygen atoms in total. The average molecular weight is 307 g/mol. The summed E-state index contributed by atoms with van der Waals surface area (Å²) < 4.78 is 28.7. The van der Waals surface area contributed by atoms with Crippen molar-refractivity contribution in [1.29, 1.82) is 0 Å². The van der Waals surface area contributed by atoms with Crippen LogP contribution in [0.25, 0.3) is 0 Å². The summed E-state index contributed by atoms with van der Waals surface area (Å²) in [5, 5.41) is 0. The van der Waals surface area contributed by atoms with Gasteiger partial charge in [0.2, 0.25) is 0 Å². The molecule has 0 bridgehead atoms. The summed E-state index contributed by atoms with van der Waals surface area (Å²) in [7, 11) is 1.57. The number of methoxy groups -OCH3 is 1. The van der Waals surface area contributed by atoms with E-state index in [1.165, 1.54) is 12.1 Å². The third-order valence-corrected chi connectivity index (χ3v) is 3.06. The van der Waals surface area contributed by atoms with Gasteiger partial charge in [-0.2, -0.15) is 0 Å². The lowest BCUT2D eigenvalue weighted by atomic mass is 10.3. The van der Waals surface area contributed by atoms with E-state index >= 15 is 0 Å². The predicted octanol–water partition coefficient (Wildman–Crippen LogP) is 2.47. The number of halogens is 1. The van der Waals surface area contributed by atoms with Crippen LogP contribution in [0.15, 0.2) is 47.3 Å². The minimum Gasteiger partial charge on any atom is -0.481 e. The number of para-hydroxylation sites is 1. The first-order chi connectivity index (χ1) is 10.7. The molecule has 0 spiro atoms. The Morgan fingerprint density at radius 2 is 2.14 bits per heavy atom. The number of rotatable bonds is 8. The van der Waals surface area contributed by atoms with Crippen LogP contribution in [0.5, 0.6) is 5.75 Å². The quantitative estimate of drug-likeness (QED) is 0.752. The SMILES string of the molecule is COCCN(Cc1ccoc1)C(=O)COc1ccccc1F. The Kier molecular flexibility index (Phi) is 5.97. The monoisotopic (exact) mass is 307 g/mol. The van der Waals surface area contributed by atoms with Gasteiger partial charge < -0.3 is 18.8 Å². The number of furan rings is 1. The first-order valence-corrected chi connectivity index (χ1v) is 6.86. The molecule has 0 unspecified atom stereocenters. The third-order valence-electron chi connectivity index (χ3n) is 3.06. The lowest BCUT2D eigenvalue weighted by molar-refractivity contribution is -0.134. The van der Waals surface area contributed by atoms with E-state index in [4.69, 9.17) is 13.9 Å². The molecule has 2 rings (SSSR count). The standard InChI is InChI=1S/C16H18FNO4/c1-20-9-7-18(10-13-6-8-21-11-13)16(19)12-22-15-5-3-2-4-14(15)17/h2-6,8,11H,7,9-10,12H2,1H3. The van der Waals surface area contributed by atoms with Crippen molar-refractivity contribution in [2.24, 2.45) is 0 Å². The van der Waals surface area contributed by atoms with E-state index < -0.39 is 5.82 Å².